The second-order valence-corrected chi connectivity index (χ2v) is 6.32. The van der Waals surface area contributed by atoms with Gasteiger partial charge in [-0.05, 0) is 12.8 Å². The fraction of sp³-hybridized carbons (Fsp3) is 0.562. The van der Waals surface area contributed by atoms with Gasteiger partial charge in [-0.15, -0.1) is 0 Å². The molecule has 0 spiro atoms. The Morgan fingerprint density at radius 3 is 3.08 bits per heavy atom. The van der Waals surface area contributed by atoms with Crippen LogP contribution in [0.3, 0.4) is 0 Å². The number of halogens is 1. The number of hydrogen-bond donors (Lipinski definition) is 2. The van der Waals surface area contributed by atoms with Crippen LogP contribution in [-0.4, -0.2) is 55.9 Å². The maximum Gasteiger partial charge on any atom is 0.220 e. The van der Waals surface area contributed by atoms with Crippen LogP contribution in [0.1, 0.15) is 24.1 Å². The van der Waals surface area contributed by atoms with E-state index in [9.17, 15) is 9.18 Å². The molecule has 0 aliphatic carbocycles. The first kappa shape index (κ1) is 16.6. The fourth-order valence-corrected chi connectivity index (χ4v) is 3.11. The molecule has 1 amide bonds. The minimum Gasteiger partial charge on any atom is -0.355 e. The number of carbonyl (C=O) groups is 1. The van der Waals surface area contributed by atoms with E-state index in [2.05, 4.69) is 25.3 Å². The van der Waals surface area contributed by atoms with Crippen LogP contribution >= 0.6 is 0 Å². The predicted octanol–water partition coefficient (Wildman–Crippen LogP) is 0.805. The zero-order valence-electron chi connectivity index (χ0n) is 13.8. The van der Waals surface area contributed by atoms with E-state index in [1.807, 2.05) is 13.2 Å². The highest BCUT2D eigenvalue weighted by atomic mass is 19.1. The molecule has 0 unspecified atom stereocenters. The van der Waals surface area contributed by atoms with Gasteiger partial charge in [-0.1, -0.05) is 0 Å². The smallest absolute Gasteiger partial charge is 0.220 e. The van der Waals surface area contributed by atoms with E-state index in [4.69, 9.17) is 0 Å². The number of nitrogens with zero attached hydrogens (tertiary/aromatic N) is 4. The maximum atomic E-state index is 13.8. The summed E-state index contributed by atoms with van der Waals surface area (Å²) in [4.78, 5) is 21.0. The Labute approximate surface area is 140 Å². The van der Waals surface area contributed by atoms with Crippen LogP contribution in [0.25, 0.3) is 0 Å². The molecule has 2 aromatic rings. The van der Waals surface area contributed by atoms with Crippen molar-refractivity contribution in [3.05, 3.63) is 36.2 Å². The van der Waals surface area contributed by atoms with Gasteiger partial charge in [0.25, 0.3) is 0 Å². The van der Waals surface area contributed by atoms with Gasteiger partial charge in [0, 0.05) is 62.8 Å². The van der Waals surface area contributed by atoms with E-state index in [1.165, 1.54) is 0 Å². The van der Waals surface area contributed by atoms with Gasteiger partial charge < -0.3 is 10.3 Å². The number of H-pyrrole nitrogens is 1. The number of likely N-dealkylation sites (tertiary alicyclic amines) is 1. The SMILES string of the molecule is Cn1cc(CN2C[C@@H](F)C[C@H]2CNC(=O)CCc2cnc[nH]2)cn1. The number of aromatic nitrogens is 4. The van der Waals surface area contributed by atoms with Crippen molar-refractivity contribution in [3.63, 3.8) is 0 Å². The average molecular weight is 334 g/mol. The summed E-state index contributed by atoms with van der Waals surface area (Å²) in [5.41, 5.74) is 2.00. The minimum absolute atomic E-state index is 0.0202. The molecule has 3 rings (SSSR count). The number of aromatic amines is 1. The molecule has 8 heteroatoms. The summed E-state index contributed by atoms with van der Waals surface area (Å²) in [5, 5.41) is 7.07. The topological polar surface area (TPSA) is 78.8 Å². The predicted molar refractivity (Wildman–Crippen MR) is 86.8 cm³/mol. The van der Waals surface area contributed by atoms with Gasteiger partial charge >= 0.3 is 0 Å². The summed E-state index contributed by atoms with van der Waals surface area (Å²) in [6.45, 7) is 1.54. The van der Waals surface area contributed by atoms with Gasteiger partial charge in [0.05, 0.1) is 12.5 Å². The molecule has 130 valence electrons. The molecule has 0 bridgehead atoms. The van der Waals surface area contributed by atoms with Crippen molar-refractivity contribution in [2.24, 2.45) is 7.05 Å². The van der Waals surface area contributed by atoms with Crippen molar-refractivity contribution in [1.82, 2.24) is 30.0 Å². The van der Waals surface area contributed by atoms with Gasteiger partial charge in [-0.25, -0.2) is 9.37 Å². The maximum absolute atomic E-state index is 13.8. The van der Waals surface area contributed by atoms with Gasteiger partial charge in [0.2, 0.25) is 5.91 Å². The number of carbonyl (C=O) groups excluding carboxylic acids is 1. The van der Waals surface area contributed by atoms with Crippen molar-refractivity contribution in [1.29, 1.82) is 0 Å². The average Bonchev–Trinajstić information content (AvgIpc) is 3.26. The Morgan fingerprint density at radius 1 is 1.50 bits per heavy atom. The van der Waals surface area contributed by atoms with Crippen molar-refractivity contribution >= 4 is 5.91 Å². The number of nitrogens with one attached hydrogen (secondary N) is 2. The zero-order valence-corrected chi connectivity index (χ0v) is 13.8. The standard InChI is InChI=1S/C16H23FN6O/c1-22-8-12(5-21-22)9-23-10-13(17)4-15(23)7-19-16(24)3-2-14-6-18-11-20-14/h5-6,8,11,13,15H,2-4,7,9-10H2,1H3,(H,18,20)(H,19,24)/t13-,15-/m0/s1. The van der Waals surface area contributed by atoms with Crippen LogP contribution in [0.5, 0.6) is 0 Å². The Bertz CT molecular complexity index is 655. The highest BCUT2D eigenvalue weighted by Gasteiger charge is 2.32. The van der Waals surface area contributed by atoms with Gasteiger partial charge in [-0.2, -0.15) is 5.10 Å². The second-order valence-electron chi connectivity index (χ2n) is 6.32. The van der Waals surface area contributed by atoms with E-state index in [0.717, 1.165) is 11.3 Å². The summed E-state index contributed by atoms with van der Waals surface area (Å²) < 4.78 is 15.5. The third kappa shape index (κ3) is 4.41. The number of imidazole rings is 1. The van der Waals surface area contributed by atoms with Crippen LogP contribution in [-0.2, 0) is 24.8 Å². The zero-order chi connectivity index (χ0) is 16.9. The van der Waals surface area contributed by atoms with E-state index >= 15 is 0 Å². The van der Waals surface area contributed by atoms with Crippen LogP contribution in [0, 0.1) is 0 Å². The molecule has 1 aliphatic rings. The molecule has 1 aliphatic heterocycles. The van der Waals surface area contributed by atoms with E-state index in [-0.39, 0.29) is 11.9 Å². The summed E-state index contributed by atoms with van der Waals surface area (Å²) >= 11 is 0. The lowest BCUT2D eigenvalue weighted by Crippen LogP contribution is -2.39. The highest BCUT2D eigenvalue weighted by Crippen LogP contribution is 2.22. The van der Waals surface area contributed by atoms with Gasteiger partial charge in [-0.3, -0.25) is 14.4 Å². The molecule has 0 aromatic carbocycles. The monoisotopic (exact) mass is 334 g/mol. The summed E-state index contributed by atoms with van der Waals surface area (Å²) in [6, 6.07) is 0.0244. The van der Waals surface area contributed by atoms with Crippen LogP contribution in [0.2, 0.25) is 0 Å². The van der Waals surface area contributed by atoms with E-state index in [0.29, 0.717) is 38.9 Å². The quantitative estimate of drug-likeness (QED) is 0.785. The van der Waals surface area contributed by atoms with E-state index in [1.54, 1.807) is 23.4 Å². The molecule has 0 radical (unpaired) electrons. The minimum atomic E-state index is -0.839. The second kappa shape index (κ2) is 7.57. The Morgan fingerprint density at radius 2 is 2.38 bits per heavy atom. The highest BCUT2D eigenvalue weighted by molar-refractivity contribution is 5.76. The Kier molecular flexibility index (Phi) is 5.24. The number of rotatable bonds is 7. The van der Waals surface area contributed by atoms with E-state index < -0.39 is 6.17 Å². The molecule has 2 aromatic heterocycles. The molecular formula is C16H23FN6O. The van der Waals surface area contributed by atoms with Crippen molar-refractivity contribution in [3.8, 4) is 0 Å². The lowest BCUT2D eigenvalue weighted by atomic mass is 10.2. The number of alkyl halides is 1. The first-order valence-corrected chi connectivity index (χ1v) is 8.19. The Balaban J connectivity index is 1.46. The molecule has 1 fully saturated rings. The normalized spacial score (nSPS) is 21.2. The number of hydrogen-bond acceptors (Lipinski definition) is 4. The lowest BCUT2D eigenvalue weighted by Gasteiger charge is -2.23. The summed E-state index contributed by atoms with van der Waals surface area (Å²) in [6.07, 6.45) is 7.70. The van der Waals surface area contributed by atoms with Crippen molar-refractivity contribution < 1.29 is 9.18 Å². The molecule has 2 atom stereocenters. The largest absolute Gasteiger partial charge is 0.355 e. The summed E-state index contributed by atoms with van der Waals surface area (Å²) in [5.74, 6) is -0.0202. The molecule has 1 saturated heterocycles. The third-order valence-corrected chi connectivity index (χ3v) is 4.33. The van der Waals surface area contributed by atoms with Crippen LogP contribution in [0.15, 0.2) is 24.9 Å². The molecule has 24 heavy (non-hydrogen) atoms. The first-order valence-electron chi connectivity index (χ1n) is 8.19. The molecule has 0 saturated carbocycles. The number of amides is 1. The van der Waals surface area contributed by atoms with Crippen LogP contribution < -0.4 is 5.32 Å². The van der Waals surface area contributed by atoms with Crippen LogP contribution in [0.4, 0.5) is 4.39 Å². The van der Waals surface area contributed by atoms with Gasteiger partial charge in [0.15, 0.2) is 0 Å². The molecule has 7 nitrogen and oxygen atoms in total. The molecule has 3 heterocycles. The lowest BCUT2D eigenvalue weighted by molar-refractivity contribution is -0.121. The fourth-order valence-electron chi connectivity index (χ4n) is 3.11. The van der Waals surface area contributed by atoms with Crippen molar-refractivity contribution in [2.45, 2.75) is 38.0 Å². The Hall–Kier alpha value is -2.22. The third-order valence-electron chi connectivity index (χ3n) is 4.33. The van der Waals surface area contributed by atoms with Crippen molar-refractivity contribution in [2.75, 3.05) is 13.1 Å². The first-order chi connectivity index (χ1) is 11.6. The molecule has 2 N–H and O–H groups in total. The number of aryl methyl sites for hydroxylation is 2. The van der Waals surface area contributed by atoms with Gasteiger partial charge in [0.1, 0.15) is 6.17 Å². The summed E-state index contributed by atoms with van der Waals surface area (Å²) in [7, 11) is 1.86. The molecular weight excluding hydrogens is 311 g/mol.